The zero-order chi connectivity index (χ0) is 11.3. The fraction of sp³-hybridized carbons (Fsp3) is 0.538. The number of rotatable bonds is 5. The normalized spacial score (nSPS) is 13.1. The first kappa shape index (κ1) is 12.9. The molecular weight excluding hydrogens is 227 g/mol. The molecule has 0 bridgehead atoms. The third-order valence-corrected chi connectivity index (χ3v) is 3.63. The summed E-state index contributed by atoms with van der Waals surface area (Å²) in [7, 11) is 0. The molecule has 2 heteroatoms. The summed E-state index contributed by atoms with van der Waals surface area (Å²) in [4.78, 5) is 0. The van der Waals surface area contributed by atoms with Crippen molar-refractivity contribution in [2.75, 3.05) is 5.88 Å². The van der Waals surface area contributed by atoms with Gasteiger partial charge in [0.05, 0.1) is 0 Å². The van der Waals surface area contributed by atoms with Gasteiger partial charge in [-0.05, 0) is 23.6 Å². The van der Waals surface area contributed by atoms with Crippen LogP contribution in [0.5, 0.6) is 0 Å². The second kappa shape index (κ2) is 6.40. The molecule has 0 amide bonds. The molecule has 1 aromatic carbocycles. The van der Waals surface area contributed by atoms with Crippen molar-refractivity contribution in [1.82, 2.24) is 0 Å². The molecule has 0 spiro atoms. The van der Waals surface area contributed by atoms with Crippen LogP contribution in [0.2, 0.25) is 5.02 Å². The number of hydrogen-bond acceptors (Lipinski definition) is 0. The lowest BCUT2D eigenvalue weighted by molar-refractivity contribution is 0.422. The first-order valence-electron chi connectivity index (χ1n) is 5.54. The smallest absolute Gasteiger partial charge is 0.0408 e. The molecule has 0 aliphatic carbocycles. The molecule has 0 aliphatic heterocycles. The highest BCUT2D eigenvalue weighted by atomic mass is 35.5. The van der Waals surface area contributed by atoms with E-state index in [1.807, 2.05) is 18.2 Å². The van der Waals surface area contributed by atoms with Crippen LogP contribution in [-0.4, -0.2) is 5.88 Å². The lowest BCUT2D eigenvalue weighted by Gasteiger charge is -2.23. The van der Waals surface area contributed by atoms with Crippen LogP contribution < -0.4 is 0 Å². The summed E-state index contributed by atoms with van der Waals surface area (Å²) in [5.41, 5.74) is 1.27. The number of halogens is 2. The quantitative estimate of drug-likeness (QED) is 0.633. The average Bonchev–Trinajstić information content (AvgIpc) is 2.25. The number of benzene rings is 1. The Morgan fingerprint density at radius 3 is 2.33 bits per heavy atom. The molecule has 1 atom stereocenters. The Morgan fingerprint density at radius 2 is 1.87 bits per heavy atom. The Balaban J connectivity index is 2.90. The van der Waals surface area contributed by atoms with E-state index in [4.69, 9.17) is 23.2 Å². The highest BCUT2D eigenvalue weighted by Gasteiger charge is 2.19. The summed E-state index contributed by atoms with van der Waals surface area (Å²) in [6.45, 7) is 4.44. The van der Waals surface area contributed by atoms with Crippen LogP contribution >= 0.6 is 23.2 Å². The predicted octanol–water partition coefficient (Wildman–Crippen LogP) is 5.10. The molecule has 0 radical (unpaired) electrons. The van der Waals surface area contributed by atoms with Crippen LogP contribution in [0.15, 0.2) is 24.3 Å². The Bertz CT molecular complexity index is 292. The standard InChI is InChI=1S/C13H18Cl2/c1-3-10(4-2)13(9-14)11-6-5-7-12(15)8-11/h5-8,10,13H,3-4,9H2,1-2H3. The van der Waals surface area contributed by atoms with Gasteiger partial charge >= 0.3 is 0 Å². The molecule has 0 aliphatic rings. The zero-order valence-electron chi connectivity index (χ0n) is 9.34. The van der Waals surface area contributed by atoms with Gasteiger partial charge in [-0.2, -0.15) is 0 Å². The van der Waals surface area contributed by atoms with E-state index in [1.54, 1.807) is 0 Å². The van der Waals surface area contributed by atoms with Gasteiger partial charge in [0.1, 0.15) is 0 Å². The minimum Gasteiger partial charge on any atom is -0.126 e. The van der Waals surface area contributed by atoms with Gasteiger partial charge in [-0.1, -0.05) is 50.4 Å². The van der Waals surface area contributed by atoms with Gasteiger partial charge in [-0.25, -0.2) is 0 Å². The van der Waals surface area contributed by atoms with Crippen molar-refractivity contribution in [3.05, 3.63) is 34.9 Å². The second-order valence-corrected chi connectivity index (χ2v) is 4.64. The van der Waals surface area contributed by atoms with E-state index < -0.39 is 0 Å². The molecule has 0 aromatic heterocycles. The molecule has 1 unspecified atom stereocenters. The van der Waals surface area contributed by atoms with E-state index in [-0.39, 0.29) is 0 Å². The fourth-order valence-electron chi connectivity index (χ4n) is 2.08. The molecule has 0 fully saturated rings. The minimum absolute atomic E-state index is 0.431. The third-order valence-electron chi connectivity index (χ3n) is 3.06. The van der Waals surface area contributed by atoms with Crippen LogP contribution in [0.25, 0.3) is 0 Å². The zero-order valence-corrected chi connectivity index (χ0v) is 10.9. The minimum atomic E-state index is 0.431. The highest BCUT2D eigenvalue weighted by Crippen LogP contribution is 2.31. The molecule has 0 N–H and O–H groups in total. The lowest BCUT2D eigenvalue weighted by Crippen LogP contribution is -2.13. The van der Waals surface area contributed by atoms with Crippen LogP contribution in [0.3, 0.4) is 0 Å². The maximum atomic E-state index is 6.06. The van der Waals surface area contributed by atoms with Crippen molar-refractivity contribution >= 4 is 23.2 Å². The second-order valence-electron chi connectivity index (χ2n) is 3.89. The SMILES string of the molecule is CCC(CC)C(CCl)c1cccc(Cl)c1. The summed E-state index contributed by atoms with van der Waals surface area (Å²) in [6, 6.07) is 8.06. The van der Waals surface area contributed by atoms with E-state index in [0.29, 0.717) is 17.7 Å². The largest absolute Gasteiger partial charge is 0.126 e. The molecular formula is C13H18Cl2. The highest BCUT2D eigenvalue weighted by molar-refractivity contribution is 6.30. The van der Waals surface area contributed by atoms with Crippen molar-refractivity contribution in [3.63, 3.8) is 0 Å². The molecule has 0 nitrogen and oxygen atoms in total. The van der Waals surface area contributed by atoms with Crippen molar-refractivity contribution in [2.45, 2.75) is 32.6 Å². The Hall–Kier alpha value is -0.200. The van der Waals surface area contributed by atoms with Gasteiger partial charge in [-0.15, -0.1) is 11.6 Å². The molecule has 0 saturated carbocycles. The fourth-order valence-corrected chi connectivity index (χ4v) is 2.71. The van der Waals surface area contributed by atoms with Gasteiger partial charge in [-0.3, -0.25) is 0 Å². The summed E-state index contributed by atoms with van der Waals surface area (Å²) in [6.07, 6.45) is 2.33. The number of alkyl halides is 1. The van der Waals surface area contributed by atoms with E-state index in [0.717, 1.165) is 5.02 Å². The van der Waals surface area contributed by atoms with Gasteiger partial charge in [0.25, 0.3) is 0 Å². The van der Waals surface area contributed by atoms with Crippen molar-refractivity contribution in [1.29, 1.82) is 0 Å². The van der Waals surface area contributed by atoms with Crippen molar-refractivity contribution in [2.24, 2.45) is 5.92 Å². The average molecular weight is 245 g/mol. The Kier molecular flexibility index (Phi) is 5.49. The summed E-state index contributed by atoms with van der Waals surface area (Å²) < 4.78 is 0. The molecule has 0 saturated heterocycles. The third kappa shape index (κ3) is 3.39. The van der Waals surface area contributed by atoms with Gasteiger partial charge in [0.2, 0.25) is 0 Å². The Labute approximate surface area is 103 Å². The Morgan fingerprint density at radius 1 is 1.20 bits per heavy atom. The molecule has 15 heavy (non-hydrogen) atoms. The van der Waals surface area contributed by atoms with Gasteiger partial charge in [0.15, 0.2) is 0 Å². The first-order valence-corrected chi connectivity index (χ1v) is 6.45. The molecule has 1 aromatic rings. The van der Waals surface area contributed by atoms with E-state index in [9.17, 15) is 0 Å². The van der Waals surface area contributed by atoms with Crippen LogP contribution in [-0.2, 0) is 0 Å². The van der Waals surface area contributed by atoms with Crippen molar-refractivity contribution < 1.29 is 0 Å². The van der Waals surface area contributed by atoms with Crippen LogP contribution in [0.1, 0.15) is 38.2 Å². The summed E-state index contributed by atoms with van der Waals surface area (Å²) >= 11 is 12.1. The van der Waals surface area contributed by atoms with Crippen LogP contribution in [0.4, 0.5) is 0 Å². The van der Waals surface area contributed by atoms with E-state index in [2.05, 4.69) is 19.9 Å². The summed E-state index contributed by atoms with van der Waals surface area (Å²) in [5.74, 6) is 1.76. The molecule has 84 valence electrons. The van der Waals surface area contributed by atoms with Gasteiger partial charge < -0.3 is 0 Å². The van der Waals surface area contributed by atoms with E-state index in [1.165, 1.54) is 18.4 Å². The maximum absolute atomic E-state index is 6.06. The predicted molar refractivity (Wildman–Crippen MR) is 69.0 cm³/mol. The van der Waals surface area contributed by atoms with Crippen LogP contribution in [0, 0.1) is 5.92 Å². The molecule has 0 heterocycles. The summed E-state index contributed by atoms with van der Waals surface area (Å²) in [5, 5.41) is 0.800. The van der Waals surface area contributed by atoms with E-state index >= 15 is 0 Å². The number of hydrogen-bond donors (Lipinski definition) is 0. The van der Waals surface area contributed by atoms with Crippen molar-refractivity contribution in [3.8, 4) is 0 Å². The topological polar surface area (TPSA) is 0 Å². The molecule has 1 rings (SSSR count). The lowest BCUT2D eigenvalue weighted by atomic mass is 9.84. The first-order chi connectivity index (χ1) is 7.22. The van der Waals surface area contributed by atoms with Gasteiger partial charge in [0, 0.05) is 16.8 Å². The maximum Gasteiger partial charge on any atom is 0.0408 e. The monoisotopic (exact) mass is 244 g/mol.